The summed E-state index contributed by atoms with van der Waals surface area (Å²) in [5, 5.41) is 6.72. The van der Waals surface area contributed by atoms with Gasteiger partial charge in [-0.2, -0.15) is 0 Å². The molecule has 0 radical (unpaired) electrons. The van der Waals surface area contributed by atoms with Crippen molar-refractivity contribution in [2.24, 2.45) is 0 Å². The molecule has 0 fully saturated rings. The SMILES string of the molecule is Cc1ccc(C(c2ccc(C)cc2)(c2ccc(C)cc2)c2ccc3c(c2)c2cc(P(=O)(c4ccccc4)c4ccccc4)ccc2n3-c2ccc(P(=O)(c3ccccc3)c3ccccc3)cc2)cc1. The van der Waals surface area contributed by atoms with E-state index in [0.717, 1.165) is 64.9 Å². The number of aryl methyl sites for hydroxylation is 3. The first kappa shape index (κ1) is 44.0. The Morgan fingerprint density at radius 1 is 0.304 bits per heavy atom. The van der Waals surface area contributed by atoms with Crippen LogP contribution in [0.3, 0.4) is 0 Å². The second-order valence-electron chi connectivity index (χ2n) is 18.2. The molecule has 0 N–H and O–H groups in total. The first-order valence-electron chi connectivity index (χ1n) is 23.5. The van der Waals surface area contributed by atoms with Crippen molar-refractivity contribution in [2.45, 2.75) is 26.2 Å². The van der Waals surface area contributed by atoms with Crippen LogP contribution in [-0.2, 0) is 14.5 Å². The first-order chi connectivity index (χ1) is 33.7. The molecule has 0 saturated heterocycles. The minimum Gasteiger partial charge on any atom is -0.309 e. The molecule has 334 valence electrons. The summed E-state index contributed by atoms with van der Waals surface area (Å²) in [5.41, 5.74) is 10.4. The molecule has 1 aromatic heterocycles. The highest BCUT2D eigenvalue weighted by Gasteiger charge is 2.39. The standard InChI is InChI=1S/C64H51NO2P2/c1-46-24-30-49(31-25-46)64(50-32-26-47(2)27-33-50,51-34-28-48(3)29-35-51)52-36-42-62-60(44-52)61-45-59(69(67,56-20-12-6-13-21-56)57-22-14-7-15-23-57)41-43-63(61)65(62)53-37-39-58(40-38-53)68(66,54-16-8-4-9-17-54)55-18-10-5-11-19-55/h4-45H,1-3H3. The van der Waals surface area contributed by atoms with E-state index < -0.39 is 19.7 Å². The van der Waals surface area contributed by atoms with Gasteiger partial charge >= 0.3 is 0 Å². The highest BCUT2D eigenvalue weighted by Crippen LogP contribution is 2.49. The van der Waals surface area contributed by atoms with Crippen LogP contribution in [0, 0.1) is 20.8 Å². The Labute approximate surface area is 405 Å². The predicted octanol–water partition coefficient (Wildman–Crippen LogP) is 13.4. The topological polar surface area (TPSA) is 39.1 Å². The lowest BCUT2D eigenvalue weighted by molar-refractivity contribution is 0.591. The van der Waals surface area contributed by atoms with E-state index in [1.54, 1.807) is 0 Å². The molecule has 0 bridgehead atoms. The molecule has 0 unspecified atom stereocenters. The molecule has 11 aromatic rings. The Morgan fingerprint density at radius 3 is 1.00 bits per heavy atom. The number of aromatic nitrogens is 1. The molecule has 69 heavy (non-hydrogen) atoms. The second-order valence-corrected chi connectivity index (χ2v) is 23.7. The quantitative estimate of drug-likeness (QED) is 0.0958. The summed E-state index contributed by atoms with van der Waals surface area (Å²) in [6.45, 7) is 6.42. The lowest BCUT2D eigenvalue weighted by Crippen LogP contribution is -2.31. The molecule has 10 aromatic carbocycles. The molecule has 0 saturated carbocycles. The van der Waals surface area contributed by atoms with Crippen LogP contribution in [0.5, 0.6) is 0 Å². The van der Waals surface area contributed by atoms with E-state index in [2.05, 4.69) is 147 Å². The number of nitrogens with zero attached hydrogens (tertiary/aromatic N) is 1. The van der Waals surface area contributed by atoms with Crippen LogP contribution in [-0.4, -0.2) is 4.57 Å². The average molecular weight is 928 g/mol. The summed E-state index contributed by atoms with van der Waals surface area (Å²) in [4.78, 5) is 0. The number of benzene rings is 10. The fourth-order valence-electron chi connectivity index (χ4n) is 10.4. The Bertz CT molecular complexity index is 3500. The zero-order chi connectivity index (χ0) is 47.2. The van der Waals surface area contributed by atoms with Gasteiger partial charge in [-0.1, -0.05) is 217 Å². The molecule has 0 aliphatic carbocycles. The second kappa shape index (κ2) is 17.8. The molecule has 0 amide bonds. The summed E-state index contributed by atoms with van der Waals surface area (Å²) < 4.78 is 33.9. The normalized spacial score (nSPS) is 12.1. The zero-order valence-corrected chi connectivity index (χ0v) is 40.7. The van der Waals surface area contributed by atoms with Crippen LogP contribution in [0.2, 0.25) is 0 Å². The van der Waals surface area contributed by atoms with Gasteiger partial charge in [0.05, 0.1) is 16.4 Å². The minimum absolute atomic E-state index is 0.698. The minimum atomic E-state index is -3.35. The van der Waals surface area contributed by atoms with Gasteiger partial charge in [-0.15, -0.1) is 0 Å². The van der Waals surface area contributed by atoms with Crippen LogP contribution in [0.4, 0.5) is 0 Å². The van der Waals surface area contributed by atoms with Crippen LogP contribution in [0.1, 0.15) is 38.9 Å². The largest absolute Gasteiger partial charge is 0.309 e. The van der Waals surface area contributed by atoms with E-state index in [0.29, 0.717) is 0 Å². The highest BCUT2D eigenvalue weighted by molar-refractivity contribution is 7.85. The highest BCUT2D eigenvalue weighted by atomic mass is 31.2. The fraction of sp³-hybridized carbons (Fsp3) is 0.0625. The molecule has 0 atom stereocenters. The van der Waals surface area contributed by atoms with Gasteiger partial charge in [-0.05, 0) is 97.6 Å². The van der Waals surface area contributed by atoms with Crippen LogP contribution < -0.4 is 31.8 Å². The lowest BCUT2D eigenvalue weighted by Gasteiger charge is -2.37. The van der Waals surface area contributed by atoms with E-state index >= 15 is 9.13 Å². The first-order valence-corrected chi connectivity index (χ1v) is 26.9. The summed E-state index contributed by atoms with van der Waals surface area (Å²) >= 11 is 0. The molecule has 0 spiro atoms. The summed E-state index contributed by atoms with van der Waals surface area (Å²) in [6, 6.07) is 88.0. The van der Waals surface area contributed by atoms with Gasteiger partial charge in [-0.3, -0.25) is 0 Å². The molecule has 1 heterocycles. The van der Waals surface area contributed by atoms with Crippen molar-refractivity contribution in [3.05, 3.63) is 294 Å². The van der Waals surface area contributed by atoms with Crippen LogP contribution in [0.15, 0.2) is 255 Å². The predicted molar refractivity (Wildman–Crippen MR) is 292 cm³/mol. The van der Waals surface area contributed by atoms with Crippen molar-refractivity contribution in [3.63, 3.8) is 0 Å². The Balaban J connectivity index is 1.20. The van der Waals surface area contributed by atoms with Crippen molar-refractivity contribution in [1.82, 2.24) is 4.57 Å². The van der Waals surface area contributed by atoms with E-state index in [-0.39, 0.29) is 0 Å². The van der Waals surface area contributed by atoms with Crippen LogP contribution >= 0.6 is 14.3 Å². The van der Waals surface area contributed by atoms with E-state index in [1.807, 2.05) is 133 Å². The smallest absolute Gasteiger partial charge is 0.171 e. The van der Waals surface area contributed by atoms with Crippen molar-refractivity contribution in [3.8, 4) is 5.69 Å². The maximum absolute atomic E-state index is 16.1. The number of fused-ring (bicyclic) bond motifs is 3. The van der Waals surface area contributed by atoms with Gasteiger partial charge in [-0.25, -0.2) is 0 Å². The van der Waals surface area contributed by atoms with E-state index in [4.69, 9.17) is 0 Å². The van der Waals surface area contributed by atoms with Gasteiger partial charge in [0.25, 0.3) is 0 Å². The molecule has 0 aliphatic heterocycles. The Morgan fingerprint density at radius 2 is 0.609 bits per heavy atom. The fourth-order valence-corrected chi connectivity index (χ4v) is 15.7. The molecular weight excluding hydrogens is 877 g/mol. The number of hydrogen-bond donors (Lipinski definition) is 0. The van der Waals surface area contributed by atoms with Crippen molar-refractivity contribution in [1.29, 1.82) is 0 Å². The molecule has 0 aliphatic rings. The maximum atomic E-state index is 16.1. The third-order valence-corrected chi connectivity index (χ3v) is 20.1. The Hall–Kier alpha value is -7.54. The molecule has 5 heteroatoms. The van der Waals surface area contributed by atoms with E-state index in [9.17, 15) is 0 Å². The maximum Gasteiger partial charge on any atom is 0.171 e. The van der Waals surface area contributed by atoms with Gasteiger partial charge in [0.15, 0.2) is 14.3 Å². The van der Waals surface area contributed by atoms with Gasteiger partial charge in [0.2, 0.25) is 0 Å². The van der Waals surface area contributed by atoms with Crippen molar-refractivity contribution < 1.29 is 9.13 Å². The number of hydrogen-bond acceptors (Lipinski definition) is 2. The summed E-state index contributed by atoms with van der Waals surface area (Å²) in [7, 11) is -6.56. The summed E-state index contributed by atoms with van der Waals surface area (Å²) in [6.07, 6.45) is 0. The number of rotatable bonds is 11. The molecule has 11 rings (SSSR count). The molecule has 3 nitrogen and oxygen atoms in total. The lowest BCUT2D eigenvalue weighted by atomic mass is 9.64. The third-order valence-electron chi connectivity index (χ3n) is 13.9. The van der Waals surface area contributed by atoms with Crippen molar-refractivity contribution >= 4 is 67.9 Å². The molecular formula is C64H51NO2P2. The average Bonchev–Trinajstić information content (AvgIpc) is 3.74. The summed E-state index contributed by atoms with van der Waals surface area (Å²) in [5.74, 6) is 0. The van der Waals surface area contributed by atoms with Gasteiger partial charge < -0.3 is 13.7 Å². The van der Waals surface area contributed by atoms with Gasteiger partial charge in [0.1, 0.15) is 0 Å². The van der Waals surface area contributed by atoms with E-state index in [1.165, 1.54) is 33.4 Å². The Kier molecular flexibility index (Phi) is 11.4. The van der Waals surface area contributed by atoms with Crippen LogP contribution in [0.25, 0.3) is 27.5 Å². The van der Waals surface area contributed by atoms with Crippen molar-refractivity contribution in [2.75, 3.05) is 0 Å². The monoisotopic (exact) mass is 927 g/mol. The third kappa shape index (κ3) is 7.46. The van der Waals surface area contributed by atoms with Gasteiger partial charge in [0, 0.05) is 48.3 Å². The zero-order valence-electron chi connectivity index (χ0n) is 38.9.